The van der Waals surface area contributed by atoms with Gasteiger partial charge in [0.25, 0.3) is 0 Å². The average molecular weight is 697 g/mol. The number of allylic oxidation sites excluding steroid dienone is 2. The van der Waals surface area contributed by atoms with Gasteiger partial charge in [0, 0.05) is 12.8 Å². The Hall–Kier alpha value is -4.10. The lowest BCUT2D eigenvalue weighted by atomic mass is 9.74. The molecule has 2 heterocycles. The minimum Gasteiger partial charge on any atom is -0.479 e. The zero-order valence-corrected chi connectivity index (χ0v) is 28.5. The Labute approximate surface area is 291 Å². The highest BCUT2D eigenvalue weighted by molar-refractivity contribution is 5.98. The molecule has 50 heavy (non-hydrogen) atoms. The van der Waals surface area contributed by atoms with Gasteiger partial charge in [0.2, 0.25) is 23.1 Å². The summed E-state index contributed by atoms with van der Waals surface area (Å²) in [4.78, 5) is 50.7. The summed E-state index contributed by atoms with van der Waals surface area (Å²) < 4.78 is 16.6. The van der Waals surface area contributed by atoms with Gasteiger partial charge in [0.1, 0.15) is 6.10 Å². The van der Waals surface area contributed by atoms with Crippen molar-refractivity contribution >= 4 is 23.9 Å². The van der Waals surface area contributed by atoms with Crippen LogP contribution in [0.3, 0.4) is 0 Å². The van der Waals surface area contributed by atoms with Crippen molar-refractivity contribution in [2.24, 2.45) is 11.8 Å². The first-order chi connectivity index (χ1) is 23.8. The Morgan fingerprint density at radius 3 is 2.12 bits per heavy atom. The number of hydrogen-bond acceptors (Lipinski definition) is 9. The molecule has 12 nitrogen and oxygen atoms in total. The molecule has 272 valence electrons. The molecular weight excluding hydrogens is 648 g/mol. The van der Waals surface area contributed by atoms with E-state index in [1.54, 1.807) is 6.08 Å². The van der Waals surface area contributed by atoms with E-state index in [4.69, 9.17) is 14.2 Å². The molecule has 2 aliphatic rings. The monoisotopic (exact) mass is 696 g/mol. The first-order valence-corrected chi connectivity index (χ1v) is 17.2. The fourth-order valence-electron chi connectivity index (χ4n) is 7.03. The van der Waals surface area contributed by atoms with Gasteiger partial charge < -0.3 is 39.7 Å². The molecule has 0 amide bonds. The largest absolute Gasteiger partial charge is 0.479 e. The molecule has 0 aliphatic carbocycles. The number of aliphatic hydroxyl groups is 2. The molecule has 8 atom stereocenters. The maximum Gasteiger partial charge on any atom is 0.344 e. The third kappa shape index (κ3) is 8.26. The summed E-state index contributed by atoms with van der Waals surface area (Å²) in [5.41, 5.74) is -4.78. The van der Waals surface area contributed by atoms with Crippen LogP contribution in [0.15, 0.2) is 72.8 Å². The number of hydrogen-bond donors (Lipinski definition) is 5. The summed E-state index contributed by atoms with van der Waals surface area (Å²) in [6.45, 7) is 4.10. The number of esters is 1. The molecular formula is C38H48O12. The van der Waals surface area contributed by atoms with Crippen molar-refractivity contribution in [3.05, 3.63) is 83.9 Å². The fraction of sp³-hybridized carbons (Fsp3) is 0.526. The number of carbonyl (C=O) groups is 4. The van der Waals surface area contributed by atoms with Crippen LogP contribution in [0.4, 0.5) is 0 Å². The Morgan fingerprint density at radius 2 is 1.52 bits per heavy atom. The SMILES string of the molecule is C[C@H](CCCC[C@]12O[C@@H](C(=O)O)[C@@](O)(C(=O)O)[C@](C(=O)O)(O1)[C@H](OC(=O)CC/C=C/[C@H](C)CCCc1ccccc1)[C@H]2O)Cc1ccccc1. The smallest absolute Gasteiger partial charge is 0.344 e. The summed E-state index contributed by atoms with van der Waals surface area (Å²) in [6.07, 6.45) is 1.37. The molecule has 0 spiro atoms. The van der Waals surface area contributed by atoms with E-state index in [0.29, 0.717) is 12.8 Å². The summed E-state index contributed by atoms with van der Waals surface area (Å²) in [6, 6.07) is 20.0. The predicted molar refractivity (Wildman–Crippen MR) is 180 cm³/mol. The molecule has 5 N–H and O–H groups in total. The highest BCUT2D eigenvalue weighted by Gasteiger charge is 2.85. The number of aliphatic hydroxyl groups excluding tert-OH is 1. The molecule has 2 aliphatic heterocycles. The Bertz CT molecular complexity index is 1500. The first-order valence-electron chi connectivity index (χ1n) is 17.2. The van der Waals surface area contributed by atoms with Crippen LogP contribution >= 0.6 is 0 Å². The lowest BCUT2D eigenvalue weighted by Gasteiger charge is -2.48. The van der Waals surface area contributed by atoms with Gasteiger partial charge in [-0.1, -0.05) is 99.5 Å². The second kappa shape index (κ2) is 16.7. The van der Waals surface area contributed by atoms with Crippen LogP contribution in [0.25, 0.3) is 0 Å². The van der Waals surface area contributed by atoms with E-state index >= 15 is 0 Å². The van der Waals surface area contributed by atoms with Gasteiger partial charge in [-0.3, -0.25) is 4.79 Å². The van der Waals surface area contributed by atoms with Crippen molar-refractivity contribution in [1.29, 1.82) is 0 Å². The molecule has 2 aromatic rings. The number of aliphatic carboxylic acids is 3. The van der Waals surface area contributed by atoms with Crippen LogP contribution < -0.4 is 0 Å². The van der Waals surface area contributed by atoms with E-state index in [0.717, 1.165) is 31.2 Å². The number of fused-ring (bicyclic) bond motifs is 2. The predicted octanol–water partition coefficient (Wildman–Crippen LogP) is 4.54. The van der Waals surface area contributed by atoms with Gasteiger partial charge in [-0.25, -0.2) is 14.4 Å². The van der Waals surface area contributed by atoms with Crippen molar-refractivity contribution in [3.8, 4) is 0 Å². The topological polar surface area (TPSA) is 197 Å². The number of benzene rings is 2. The molecule has 0 radical (unpaired) electrons. The molecule has 2 fully saturated rings. The molecule has 2 saturated heterocycles. The molecule has 0 aromatic heterocycles. The summed E-state index contributed by atoms with van der Waals surface area (Å²) in [5, 5.41) is 53.3. The summed E-state index contributed by atoms with van der Waals surface area (Å²) >= 11 is 0. The van der Waals surface area contributed by atoms with E-state index in [1.165, 1.54) is 5.56 Å². The molecule has 0 unspecified atom stereocenters. The van der Waals surface area contributed by atoms with Crippen LogP contribution in [0, 0.1) is 11.8 Å². The van der Waals surface area contributed by atoms with E-state index in [2.05, 4.69) is 19.1 Å². The van der Waals surface area contributed by atoms with Crippen molar-refractivity contribution in [3.63, 3.8) is 0 Å². The Kier molecular flexibility index (Phi) is 13.0. The van der Waals surface area contributed by atoms with Crippen LogP contribution in [0.5, 0.6) is 0 Å². The zero-order valence-electron chi connectivity index (χ0n) is 28.5. The highest BCUT2D eigenvalue weighted by Crippen LogP contribution is 2.55. The maximum absolute atomic E-state index is 13.1. The number of carboxylic acids is 3. The van der Waals surface area contributed by atoms with E-state index in [9.17, 15) is 44.7 Å². The van der Waals surface area contributed by atoms with Crippen molar-refractivity contribution < 1.29 is 58.9 Å². The molecule has 2 aromatic carbocycles. The van der Waals surface area contributed by atoms with Gasteiger partial charge in [-0.2, -0.15) is 0 Å². The quantitative estimate of drug-likeness (QED) is 0.0782. The number of unbranched alkanes of at least 4 members (excludes halogenated alkanes) is 1. The van der Waals surface area contributed by atoms with Crippen LogP contribution in [0.1, 0.15) is 76.3 Å². The molecule has 4 rings (SSSR count). The van der Waals surface area contributed by atoms with Gasteiger partial charge >= 0.3 is 23.9 Å². The van der Waals surface area contributed by atoms with E-state index < -0.39 is 59.2 Å². The zero-order chi connectivity index (χ0) is 36.5. The fourth-order valence-corrected chi connectivity index (χ4v) is 7.03. The minimum absolute atomic E-state index is 0.190. The lowest BCUT2D eigenvalue weighted by Crippen LogP contribution is -2.78. The Balaban J connectivity index is 1.44. The third-order valence-electron chi connectivity index (χ3n) is 9.71. The van der Waals surface area contributed by atoms with Gasteiger partial charge in [-0.15, -0.1) is 0 Å². The van der Waals surface area contributed by atoms with Crippen LogP contribution in [-0.4, -0.2) is 84.7 Å². The summed E-state index contributed by atoms with van der Waals surface area (Å²) in [7, 11) is 0. The minimum atomic E-state index is -3.78. The van der Waals surface area contributed by atoms with Crippen molar-refractivity contribution in [2.45, 2.75) is 113 Å². The van der Waals surface area contributed by atoms with Gasteiger partial charge in [-0.05, 0) is 61.5 Å². The normalized spacial score (nSPS) is 28.6. The van der Waals surface area contributed by atoms with E-state index in [-0.39, 0.29) is 37.5 Å². The number of ether oxygens (including phenoxy) is 3. The molecule has 12 heteroatoms. The number of carbonyl (C=O) groups excluding carboxylic acids is 1. The number of aryl methyl sites for hydroxylation is 1. The second-order valence-corrected chi connectivity index (χ2v) is 13.6. The Morgan fingerprint density at radius 1 is 0.880 bits per heavy atom. The van der Waals surface area contributed by atoms with Crippen molar-refractivity contribution in [2.75, 3.05) is 0 Å². The van der Waals surface area contributed by atoms with Gasteiger partial charge in [0.05, 0.1) is 0 Å². The first kappa shape index (κ1) is 38.7. The second-order valence-electron chi connectivity index (χ2n) is 13.6. The van der Waals surface area contributed by atoms with Gasteiger partial charge in [0.15, 0.2) is 6.10 Å². The lowest BCUT2D eigenvalue weighted by molar-refractivity contribution is -0.374. The molecule has 0 saturated carbocycles. The third-order valence-corrected chi connectivity index (χ3v) is 9.71. The number of rotatable bonds is 19. The number of carboxylic acid groups (broad SMARTS) is 3. The van der Waals surface area contributed by atoms with Crippen molar-refractivity contribution in [1.82, 2.24) is 0 Å². The molecule has 2 bridgehead atoms. The van der Waals surface area contributed by atoms with Crippen LogP contribution in [-0.2, 0) is 46.2 Å². The standard InChI is InChI=1S/C38H48O12/c1-25(16-13-21-27-17-5-3-6-18-27)14-9-10-22-29(39)48-31-30(40)36(23-12-11-15-26(2)24-28-19-7-4-8-20-28)49-32(33(41)42)37(47,34(43)44)38(31,50-36)35(45)46/h3-9,14,17-20,25-26,30-32,40,47H,10-13,15-16,21-24H2,1-2H3,(H,41,42)(H,43,44)(H,45,46)/b14-9+/t25-,26+,30+,31+,32-,36-,37+,38-/m0/s1. The highest BCUT2D eigenvalue weighted by atomic mass is 16.8. The average Bonchev–Trinajstić information content (AvgIpc) is 3.29. The van der Waals surface area contributed by atoms with Crippen LogP contribution in [0.2, 0.25) is 0 Å². The van der Waals surface area contributed by atoms with E-state index in [1.807, 2.05) is 61.5 Å². The summed E-state index contributed by atoms with van der Waals surface area (Å²) in [5.74, 6) is -9.36. The maximum atomic E-state index is 13.1.